The Morgan fingerprint density at radius 2 is 1.87 bits per heavy atom. The lowest BCUT2D eigenvalue weighted by Gasteiger charge is -2.32. The van der Waals surface area contributed by atoms with Gasteiger partial charge in [-0.15, -0.1) is 0 Å². The Kier molecular flexibility index (Phi) is 3.83. The summed E-state index contributed by atoms with van der Waals surface area (Å²) in [5, 5.41) is 1.00. The van der Waals surface area contributed by atoms with E-state index >= 15 is 0 Å². The van der Waals surface area contributed by atoms with Crippen molar-refractivity contribution in [2.45, 2.75) is 25.3 Å². The smallest absolute Gasteiger partial charge is 0.128 e. The minimum absolute atomic E-state index is 0.103. The number of halogens is 1. The van der Waals surface area contributed by atoms with Crippen LogP contribution in [0.1, 0.15) is 29.9 Å². The van der Waals surface area contributed by atoms with Crippen molar-refractivity contribution in [1.82, 2.24) is 14.9 Å². The molecule has 0 saturated carbocycles. The first-order chi connectivity index (χ1) is 11.3. The fourth-order valence-electron chi connectivity index (χ4n) is 3.61. The zero-order valence-corrected chi connectivity index (χ0v) is 13.0. The zero-order valence-electron chi connectivity index (χ0n) is 13.0. The lowest BCUT2D eigenvalue weighted by Crippen LogP contribution is -2.32. The molecule has 0 aliphatic carbocycles. The van der Waals surface area contributed by atoms with Gasteiger partial charge in [-0.3, -0.25) is 9.88 Å². The summed E-state index contributed by atoms with van der Waals surface area (Å²) in [5.41, 5.74) is 3.19. The van der Waals surface area contributed by atoms with Crippen molar-refractivity contribution in [3.63, 3.8) is 0 Å². The Hall–Kier alpha value is -2.20. The molecule has 1 aliphatic heterocycles. The third-order valence-corrected chi connectivity index (χ3v) is 4.94. The first kappa shape index (κ1) is 14.4. The number of fused-ring (bicyclic) bond motifs is 1. The summed E-state index contributed by atoms with van der Waals surface area (Å²) in [5.74, 6) is 0.496. The largest absolute Gasteiger partial charge is 0.361 e. The Balaban J connectivity index is 1.47. The lowest BCUT2D eigenvalue weighted by molar-refractivity contribution is 0.203. The molecule has 0 bridgehead atoms. The lowest BCUT2D eigenvalue weighted by atomic mass is 9.90. The van der Waals surface area contributed by atoms with E-state index in [9.17, 15) is 4.39 Å². The number of H-pyrrole nitrogens is 1. The van der Waals surface area contributed by atoms with E-state index in [0.29, 0.717) is 12.5 Å². The summed E-state index contributed by atoms with van der Waals surface area (Å²) >= 11 is 0. The van der Waals surface area contributed by atoms with Crippen LogP contribution in [0.5, 0.6) is 0 Å². The Bertz CT molecular complexity index is 789. The quantitative estimate of drug-likeness (QED) is 0.790. The third kappa shape index (κ3) is 2.86. The molecule has 3 nitrogen and oxygen atoms in total. The van der Waals surface area contributed by atoms with Gasteiger partial charge in [-0.2, -0.15) is 0 Å². The maximum atomic E-state index is 14.2. The van der Waals surface area contributed by atoms with Crippen molar-refractivity contribution in [3.8, 4) is 0 Å². The van der Waals surface area contributed by atoms with Gasteiger partial charge in [-0.25, -0.2) is 4.39 Å². The number of nitrogens with zero attached hydrogens (tertiary/aromatic N) is 2. The van der Waals surface area contributed by atoms with Crippen molar-refractivity contribution in [1.29, 1.82) is 0 Å². The van der Waals surface area contributed by atoms with Gasteiger partial charge in [-0.1, -0.05) is 0 Å². The number of aromatic nitrogens is 2. The molecule has 118 valence electrons. The van der Waals surface area contributed by atoms with E-state index in [4.69, 9.17) is 0 Å². The number of piperidine rings is 1. The van der Waals surface area contributed by atoms with Crippen LogP contribution in [0.2, 0.25) is 0 Å². The predicted molar refractivity (Wildman–Crippen MR) is 89.7 cm³/mol. The normalized spacial score (nSPS) is 16.9. The molecule has 1 fully saturated rings. The standard InChI is InChI=1S/C19H20FN3/c20-18-1-2-19-16(5-10-22-19)17(18)13-23-11-6-15(7-12-23)14-3-8-21-9-4-14/h1-5,8-10,15,22H,6-7,11-13H2. The SMILES string of the molecule is Fc1ccc2[nH]ccc2c1CN1CCC(c2ccncc2)CC1. The molecule has 0 atom stereocenters. The van der Waals surface area contributed by atoms with Gasteiger partial charge in [0.1, 0.15) is 5.82 Å². The topological polar surface area (TPSA) is 31.9 Å². The predicted octanol–water partition coefficient (Wildman–Crippen LogP) is 4.08. The molecule has 4 rings (SSSR count). The average molecular weight is 309 g/mol. The monoisotopic (exact) mass is 309 g/mol. The van der Waals surface area contributed by atoms with E-state index in [2.05, 4.69) is 27.0 Å². The molecule has 0 unspecified atom stereocenters. The van der Waals surface area contributed by atoms with Crippen LogP contribution in [0.15, 0.2) is 48.9 Å². The van der Waals surface area contributed by atoms with E-state index in [0.717, 1.165) is 42.4 Å². The van der Waals surface area contributed by atoms with Gasteiger partial charge >= 0.3 is 0 Å². The minimum Gasteiger partial charge on any atom is -0.361 e. The van der Waals surface area contributed by atoms with Crippen LogP contribution in [0.4, 0.5) is 4.39 Å². The summed E-state index contributed by atoms with van der Waals surface area (Å²) < 4.78 is 14.2. The molecule has 0 radical (unpaired) electrons. The average Bonchev–Trinajstić information content (AvgIpc) is 3.08. The van der Waals surface area contributed by atoms with Gasteiger partial charge in [0.15, 0.2) is 0 Å². The highest BCUT2D eigenvalue weighted by Crippen LogP contribution is 2.29. The fourth-order valence-corrected chi connectivity index (χ4v) is 3.61. The number of benzene rings is 1. The maximum absolute atomic E-state index is 14.2. The van der Waals surface area contributed by atoms with Crippen molar-refractivity contribution >= 4 is 10.9 Å². The molecule has 1 aromatic carbocycles. The molecular formula is C19H20FN3. The second kappa shape index (κ2) is 6.13. The number of hydrogen-bond donors (Lipinski definition) is 1. The maximum Gasteiger partial charge on any atom is 0.128 e. The van der Waals surface area contributed by atoms with Crippen molar-refractivity contribution < 1.29 is 4.39 Å². The molecule has 2 aromatic heterocycles. The van der Waals surface area contributed by atoms with Gasteiger partial charge in [0, 0.05) is 41.6 Å². The molecule has 1 aliphatic rings. The van der Waals surface area contributed by atoms with Crippen molar-refractivity contribution in [2.75, 3.05) is 13.1 Å². The third-order valence-electron chi connectivity index (χ3n) is 4.94. The summed E-state index contributed by atoms with van der Waals surface area (Å²) in [4.78, 5) is 9.62. The van der Waals surface area contributed by atoms with Gasteiger partial charge < -0.3 is 4.98 Å². The van der Waals surface area contributed by atoms with Crippen molar-refractivity contribution in [2.24, 2.45) is 0 Å². The Labute approximate surface area is 135 Å². The highest BCUT2D eigenvalue weighted by molar-refractivity contribution is 5.83. The van der Waals surface area contributed by atoms with E-state index < -0.39 is 0 Å². The number of nitrogens with one attached hydrogen (secondary N) is 1. The highest BCUT2D eigenvalue weighted by atomic mass is 19.1. The first-order valence-corrected chi connectivity index (χ1v) is 8.18. The van der Waals surface area contributed by atoms with Crippen LogP contribution >= 0.6 is 0 Å². The number of pyridine rings is 1. The molecular weight excluding hydrogens is 289 g/mol. The second-order valence-corrected chi connectivity index (χ2v) is 6.30. The Morgan fingerprint density at radius 3 is 2.65 bits per heavy atom. The van der Waals surface area contributed by atoms with Crippen LogP contribution in [0, 0.1) is 5.82 Å². The molecule has 0 amide bonds. The van der Waals surface area contributed by atoms with Crippen LogP contribution in [-0.2, 0) is 6.54 Å². The zero-order chi connectivity index (χ0) is 15.6. The van der Waals surface area contributed by atoms with Crippen LogP contribution < -0.4 is 0 Å². The number of likely N-dealkylation sites (tertiary alicyclic amines) is 1. The van der Waals surface area contributed by atoms with E-state index in [1.54, 1.807) is 6.07 Å². The van der Waals surface area contributed by atoms with Gasteiger partial charge in [0.25, 0.3) is 0 Å². The van der Waals surface area contributed by atoms with E-state index in [1.165, 1.54) is 5.56 Å². The van der Waals surface area contributed by atoms with Crippen LogP contribution in [0.3, 0.4) is 0 Å². The first-order valence-electron chi connectivity index (χ1n) is 8.18. The van der Waals surface area contributed by atoms with E-state index in [-0.39, 0.29) is 5.82 Å². The van der Waals surface area contributed by atoms with Crippen LogP contribution in [-0.4, -0.2) is 28.0 Å². The molecule has 1 N–H and O–H groups in total. The number of rotatable bonds is 3. The summed E-state index contributed by atoms with van der Waals surface area (Å²) in [6, 6.07) is 9.57. The molecule has 0 spiro atoms. The molecule has 23 heavy (non-hydrogen) atoms. The fraction of sp³-hybridized carbons (Fsp3) is 0.316. The highest BCUT2D eigenvalue weighted by Gasteiger charge is 2.22. The molecule has 3 heterocycles. The summed E-state index contributed by atoms with van der Waals surface area (Å²) in [6.07, 6.45) is 7.85. The molecule has 4 heteroatoms. The minimum atomic E-state index is -0.103. The van der Waals surface area contributed by atoms with Crippen molar-refractivity contribution in [3.05, 3.63) is 65.9 Å². The van der Waals surface area contributed by atoms with Crippen LogP contribution in [0.25, 0.3) is 10.9 Å². The molecule has 3 aromatic rings. The van der Waals surface area contributed by atoms with E-state index in [1.807, 2.05) is 30.7 Å². The Morgan fingerprint density at radius 1 is 1.09 bits per heavy atom. The van der Waals surface area contributed by atoms with Gasteiger partial charge in [-0.05, 0) is 67.7 Å². The summed E-state index contributed by atoms with van der Waals surface area (Å²) in [7, 11) is 0. The second-order valence-electron chi connectivity index (χ2n) is 6.30. The van der Waals surface area contributed by atoms with Gasteiger partial charge in [0.2, 0.25) is 0 Å². The number of aromatic amines is 1. The molecule has 1 saturated heterocycles. The summed E-state index contributed by atoms with van der Waals surface area (Å²) in [6.45, 7) is 2.70. The number of hydrogen-bond acceptors (Lipinski definition) is 2. The van der Waals surface area contributed by atoms with Gasteiger partial charge in [0.05, 0.1) is 0 Å².